The van der Waals surface area contributed by atoms with Gasteiger partial charge in [0.05, 0.1) is 6.61 Å². The summed E-state index contributed by atoms with van der Waals surface area (Å²) in [6, 6.07) is 5.00. The maximum Gasteiger partial charge on any atom is 0.247 e. The summed E-state index contributed by atoms with van der Waals surface area (Å²) in [6.45, 7) is 7.24. The van der Waals surface area contributed by atoms with Crippen LogP contribution in [0.15, 0.2) is 29.2 Å². The maximum atomic E-state index is 13.6. The number of benzene rings is 1. The molecule has 0 amide bonds. The molecule has 0 radical (unpaired) electrons. The lowest BCUT2D eigenvalue weighted by Crippen LogP contribution is -2.50. The Morgan fingerprint density at radius 2 is 2.00 bits per heavy atom. The Morgan fingerprint density at radius 3 is 2.68 bits per heavy atom. The number of hydrogen-bond acceptors (Lipinski definition) is 6. The molecule has 1 saturated heterocycles. The quantitative estimate of drug-likeness (QED) is 0.629. The summed E-state index contributed by atoms with van der Waals surface area (Å²) in [4.78, 5) is 2.51. The molecule has 3 aliphatic rings. The molecule has 3 atom stereocenters. The van der Waals surface area contributed by atoms with Crippen LogP contribution in [0.25, 0.3) is 5.57 Å². The normalized spacial score (nSPS) is 26.9. The molecule has 7 nitrogen and oxygen atoms in total. The Kier molecular flexibility index (Phi) is 8.36. The third-order valence-electron chi connectivity index (χ3n) is 7.48. The number of fused-ring (bicyclic) bond motifs is 1. The van der Waals surface area contributed by atoms with Gasteiger partial charge in [0, 0.05) is 44.8 Å². The molecule has 2 aliphatic heterocycles. The summed E-state index contributed by atoms with van der Waals surface area (Å²) in [7, 11) is -1.68. The summed E-state index contributed by atoms with van der Waals surface area (Å²) in [5.41, 5.74) is 2.29. The van der Waals surface area contributed by atoms with Crippen molar-refractivity contribution in [1.82, 2.24) is 9.21 Å². The van der Waals surface area contributed by atoms with Crippen LogP contribution in [0.4, 0.5) is 0 Å². The molecule has 0 aromatic heterocycles. The number of rotatable bonds is 7. The molecular weight excluding hydrogens is 452 g/mol. The standard InChI is InChI=1S/C26H40N2O5S/c1-19-15-28(20(2)18-29)34(30,31)26-9-8-23(22-6-4-5-7-22)14-24(26)33-25(19)17-27(3)16-21-10-12-32-13-11-21/h6,8-9,14,19-21,25,29H,4-5,7,10-13,15-18H2,1-3H3/t19-,20+,25-/m0/s1. The molecule has 1 aromatic rings. The molecule has 4 rings (SSSR count). The van der Waals surface area contributed by atoms with Crippen molar-refractivity contribution in [1.29, 1.82) is 0 Å². The van der Waals surface area contributed by atoms with Gasteiger partial charge in [0.1, 0.15) is 16.7 Å². The van der Waals surface area contributed by atoms with Gasteiger partial charge in [0.2, 0.25) is 10.0 Å². The third-order valence-corrected chi connectivity index (χ3v) is 9.50. The van der Waals surface area contributed by atoms with Crippen LogP contribution >= 0.6 is 0 Å². The van der Waals surface area contributed by atoms with Crippen molar-refractivity contribution in [2.75, 3.05) is 46.5 Å². The molecule has 0 bridgehead atoms. The van der Waals surface area contributed by atoms with Crippen molar-refractivity contribution in [3.63, 3.8) is 0 Å². The number of likely N-dealkylation sites (N-methyl/N-ethyl adjacent to an activating group) is 1. The van der Waals surface area contributed by atoms with Crippen molar-refractivity contribution in [3.05, 3.63) is 29.8 Å². The zero-order valence-corrected chi connectivity index (χ0v) is 21.6. The van der Waals surface area contributed by atoms with E-state index in [9.17, 15) is 13.5 Å². The SMILES string of the molecule is C[C@H](CO)N1C[C@H](C)[C@H](CN(C)CC2CCOCC2)Oc2cc(C3=CCCC3)ccc2S1(=O)=O. The Morgan fingerprint density at radius 1 is 1.24 bits per heavy atom. The highest BCUT2D eigenvalue weighted by Gasteiger charge is 2.38. The first-order chi connectivity index (χ1) is 16.3. The number of aliphatic hydroxyl groups excluding tert-OH is 1. The van der Waals surface area contributed by atoms with Crippen LogP contribution in [-0.4, -0.2) is 81.4 Å². The Balaban J connectivity index is 1.64. The van der Waals surface area contributed by atoms with Gasteiger partial charge in [-0.15, -0.1) is 0 Å². The molecule has 34 heavy (non-hydrogen) atoms. The smallest absolute Gasteiger partial charge is 0.247 e. The van der Waals surface area contributed by atoms with E-state index in [1.54, 1.807) is 13.0 Å². The van der Waals surface area contributed by atoms with Gasteiger partial charge in [0.25, 0.3) is 0 Å². The van der Waals surface area contributed by atoms with Crippen LogP contribution < -0.4 is 4.74 Å². The topological polar surface area (TPSA) is 79.3 Å². The van der Waals surface area contributed by atoms with Gasteiger partial charge in [-0.2, -0.15) is 4.31 Å². The van der Waals surface area contributed by atoms with E-state index in [4.69, 9.17) is 9.47 Å². The molecular formula is C26H40N2O5S. The number of allylic oxidation sites excluding steroid dienone is 2. The molecule has 0 unspecified atom stereocenters. The maximum absolute atomic E-state index is 13.6. The summed E-state index contributed by atoms with van der Waals surface area (Å²) < 4.78 is 40.8. The average Bonchev–Trinajstić information content (AvgIpc) is 3.36. The van der Waals surface area contributed by atoms with Crippen LogP contribution in [-0.2, 0) is 14.8 Å². The van der Waals surface area contributed by atoms with E-state index >= 15 is 0 Å². The first-order valence-electron chi connectivity index (χ1n) is 12.7. The van der Waals surface area contributed by atoms with Gasteiger partial charge >= 0.3 is 0 Å². The number of aliphatic hydroxyl groups is 1. The second-order valence-electron chi connectivity index (χ2n) is 10.3. The van der Waals surface area contributed by atoms with E-state index in [0.717, 1.165) is 57.4 Å². The van der Waals surface area contributed by atoms with Crippen molar-refractivity contribution < 1.29 is 23.0 Å². The van der Waals surface area contributed by atoms with Gasteiger partial charge in [0.15, 0.2) is 0 Å². The molecule has 1 aliphatic carbocycles. The third kappa shape index (κ3) is 5.68. The van der Waals surface area contributed by atoms with E-state index in [1.807, 2.05) is 19.1 Å². The summed E-state index contributed by atoms with van der Waals surface area (Å²) in [5, 5.41) is 9.83. The minimum absolute atomic E-state index is 0.0385. The van der Waals surface area contributed by atoms with Gasteiger partial charge in [-0.3, -0.25) is 0 Å². The summed E-state index contributed by atoms with van der Waals surface area (Å²) >= 11 is 0. The van der Waals surface area contributed by atoms with Crippen molar-refractivity contribution in [3.8, 4) is 5.75 Å². The van der Waals surface area contributed by atoms with Gasteiger partial charge in [-0.25, -0.2) is 8.42 Å². The molecule has 1 aromatic carbocycles. The zero-order valence-electron chi connectivity index (χ0n) is 20.8. The van der Waals surface area contributed by atoms with Crippen LogP contribution in [0.5, 0.6) is 5.75 Å². The zero-order chi connectivity index (χ0) is 24.3. The summed E-state index contributed by atoms with van der Waals surface area (Å²) in [6.07, 6.45) is 7.42. The molecule has 190 valence electrons. The minimum atomic E-state index is -3.80. The van der Waals surface area contributed by atoms with E-state index in [1.165, 1.54) is 9.88 Å². The number of ether oxygens (including phenoxy) is 2. The predicted octanol–water partition coefficient (Wildman–Crippen LogP) is 3.38. The van der Waals surface area contributed by atoms with Crippen molar-refractivity contribution in [2.45, 2.75) is 63.0 Å². The van der Waals surface area contributed by atoms with E-state index < -0.39 is 16.1 Å². The van der Waals surface area contributed by atoms with E-state index in [2.05, 4.69) is 18.0 Å². The van der Waals surface area contributed by atoms with Crippen LogP contribution in [0.3, 0.4) is 0 Å². The number of nitrogens with zero attached hydrogens (tertiary/aromatic N) is 2. The van der Waals surface area contributed by atoms with Gasteiger partial charge < -0.3 is 19.5 Å². The summed E-state index contributed by atoms with van der Waals surface area (Å²) in [5.74, 6) is 1.00. The molecule has 1 N–H and O–H groups in total. The molecule has 8 heteroatoms. The minimum Gasteiger partial charge on any atom is -0.487 e. The van der Waals surface area contributed by atoms with Crippen molar-refractivity contribution in [2.24, 2.45) is 11.8 Å². The Bertz CT molecular complexity index is 973. The Hall–Kier alpha value is -1.45. The molecule has 0 spiro atoms. The number of sulfonamides is 1. The number of hydrogen-bond donors (Lipinski definition) is 1. The fourth-order valence-electron chi connectivity index (χ4n) is 5.33. The second kappa shape index (κ2) is 11.1. The van der Waals surface area contributed by atoms with Crippen molar-refractivity contribution >= 4 is 15.6 Å². The first-order valence-corrected chi connectivity index (χ1v) is 14.1. The van der Waals surface area contributed by atoms with E-state index in [0.29, 0.717) is 24.8 Å². The van der Waals surface area contributed by atoms with Crippen LogP contribution in [0.1, 0.15) is 51.5 Å². The lowest BCUT2D eigenvalue weighted by Gasteiger charge is -2.38. The monoisotopic (exact) mass is 492 g/mol. The largest absolute Gasteiger partial charge is 0.487 e. The highest BCUT2D eigenvalue weighted by Crippen LogP contribution is 2.37. The Labute approximate surface area is 204 Å². The molecule has 1 fully saturated rings. The lowest BCUT2D eigenvalue weighted by molar-refractivity contribution is 0.0402. The highest BCUT2D eigenvalue weighted by atomic mass is 32.2. The lowest BCUT2D eigenvalue weighted by atomic mass is 9.98. The van der Waals surface area contributed by atoms with Crippen LogP contribution in [0, 0.1) is 11.8 Å². The fourth-order valence-corrected chi connectivity index (χ4v) is 7.15. The molecule has 0 saturated carbocycles. The first kappa shape index (κ1) is 25.6. The predicted molar refractivity (Wildman–Crippen MR) is 133 cm³/mol. The second-order valence-corrected chi connectivity index (χ2v) is 12.2. The fraction of sp³-hybridized carbons (Fsp3) is 0.692. The average molecular weight is 493 g/mol. The highest BCUT2D eigenvalue weighted by molar-refractivity contribution is 7.89. The van der Waals surface area contributed by atoms with Gasteiger partial charge in [-0.05, 0) is 75.3 Å². The van der Waals surface area contributed by atoms with Gasteiger partial charge in [-0.1, -0.05) is 19.1 Å². The van der Waals surface area contributed by atoms with Crippen LogP contribution in [0.2, 0.25) is 0 Å². The van der Waals surface area contributed by atoms with E-state index in [-0.39, 0.29) is 23.5 Å². The molecule has 2 heterocycles.